The third kappa shape index (κ3) is 4.01. The summed E-state index contributed by atoms with van der Waals surface area (Å²) >= 11 is 0. The number of nitrogens with zero attached hydrogens (tertiary/aromatic N) is 2. The molecule has 3 heterocycles. The highest BCUT2D eigenvalue weighted by atomic mass is 32.2. The minimum absolute atomic E-state index is 0.0926. The number of aromatic nitrogens is 1. The van der Waals surface area contributed by atoms with Crippen LogP contribution in [-0.4, -0.2) is 56.1 Å². The Morgan fingerprint density at radius 1 is 1.27 bits per heavy atom. The number of carbonyl (C=O) groups excluding carboxylic acids is 1. The topological polar surface area (TPSA) is 111 Å². The molecule has 1 N–H and O–H groups in total. The zero-order valence-corrected chi connectivity index (χ0v) is 17.8. The third-order valence-corrected chi connectivity index (χ3v) is 7.50. The molecule has 2 aliphatic heterocycles. The molecule has 0 radical (unpaired) electrons. The van der Waals surface area contributed by atoms with Crippen molar-refractivity contribution in [3.8, 4) is 11.5 Å². The Morgan fingerprint density at radius 2 is 2.03 bits per heavy atom. The van der Waals surface area contributed by atoms with Crippen LogP contribution in [0.4, 0.5) is 0 Å². The van der Waals surface area contributed by atoms with Crippen LogP contribution >= 0.6 is 0 Å². The van der Waals surface area contributed by atoms with Crippen molar-refractivity contribution >= 4 is 15.9 Å². The predicted octanol–water partition coefficient (Wildman–Crippen LogP) is 1.65. The standard InChI is InChI=1S/C20H25N3O6S/c1-13-19(14(2)29-22-13)30(25,26)23-9-5-6-15(11-23)20(24)21-10-16-12-27-17-7-3-4-8-18(17)28-16/h3-4,7-8,15-16H,5-6,9-12H2,1-2H3,(H,21,24). The number of sulfonamides is 1. The average Bonchev–Trinajstić information content (AvgIpc) is 3.10. The van der Waals surface area contributed by atoms with Crippen LogP contribution in [0.15, 0.2) is 33.7 Å². The zero-order chi connectivity index (χ0) is 21.3. The van der Waals surface area contributed by atoms with Gasteiger partial charge in [0.1, 0.15) is 23.3 Å². The van der Waals surface area contributed by atoms with Crippen LogP contribution in [0.1, 0.15) is 24.3 Å². The van der Waals surface area contributed by atoms with Crippen molar-refractivity contribution in [3.05, 3.63) is 35.7 Å². The normalized spacial score (nSPS) is 21.9. The summed E-state index contributed by atoms with van der Waals surface area (Å²) < 4.78 is 44.0. The van der Waals surface area contributed by atoms with E-state index in [1.54, 1.807) is 13.8 Å². The molecule has 2 unspecified atom stereocenters. The molecule has 30 heavy (non-hydrogen) atoms. The van der Waals surface area contributed by atoms with Crippen molar-refractivity contribution in [2.24, 2.45) is 5.92 Å². The lowest BCUT2D eigenvalue weighted by Crippen LogP contribution is -2.48. The van der Waals surface area contributed by atoms with Gasteiger partial charge < -0.3 is 19.3 Å². The number of hydrogen-bond acceptors (Lipinski definition) is 7. The first-order valence-corrected chi connectivity index (χ1v) is 11.4. The molecule has 2 atom stereocenters. The van der Waals surface area contributed by atoms with Crippen LogP contribution in [0.25, 0.3) is 0 Å². The second-order valence-corrected chi connectivity index (χ2v) is 9.47. The van der Waals surface area contributed by atoms with Gasteiger partial charge >= 0.3 is 0 Å². The molecule has 1 saturated heterocycles. The maximum absolute atomic E-state index is 13.0. The lowest BCUT2D eigenvalue weighted by Gasteiger charge is -2.32. The first kappa shape index (κ1) is 20.7. The Bertz CT molecular complexity index is 1020. The van der Waals surface area contributed by atoms with E-state index in [9.17, 15) is 13.2 Å². The number of ether oxygens (including phenoxy) is 2. The summed E-state index contributed by atoms with van der Waals surface area (Å²) in [5.41, 5.74) is 0.328. The number of para-hydroxylation sites is 2. The first-order valence-electron chi connectivity index (χ1n) is 9.95. The Balaban J connectivity index is 1.36. The molecule has 0 spiro atoms. The first-order chi connectivity index (χ1) is 14.4. The molecule has 2 aliphatic rings. The fourth-order valence-corrected chi connectivity index (χ4v) is 5.68. The quantitative estimate of drug-likeness (QED) is 0.760. The minimum Gasteiger partial charge on any atom is -0.486 e. The molecule has 10 heteroatoms. The molecule has 9 nitrogen and oxygen atoms in total. The van der Waals surface area contributed by atoms with Gasteiger partial charge in [-0.25, -0.2) is 8.42 Å². The molecular weight excluding hydrogens is 410 g/mol. The van der Waals surface area contributed by atoms with Gasteiger partial charge in [0.15, 0.2) is 17.3 Å². The van der Waals surface area contributed by atoms with Gasteiger partial charge in [-0.15, -0.1) is 0 Å². The van der Waals surface area contributed by atoms with Crippen LogP contribution in [0.3, 0.4) is 0 Å². The number of fused-ring (bicyclic) bond motifs is 1. The summed E-state index contributed by atoms with van der Waals surface area (Å²) in [6.45, 7) is 4.30. The highest BCUT2D eigenvalue weighted by molar-refractivity contribution is 7.89. The molecule has 2 aromatic rings. The lowest BCUT2D eigenvalue weighted by molar-refractivity contribution is -0.126. The van der Waals surface area contributed by atoms with Crippen LogP contribution in [-0.2, 0) is 14.8 Å². The second kappa shape index (κ2) is 8.27. The molecule has 0 aliphatic carbocycles. The van der Waals surface area contributed by atoms with Gasteiger partial charge in [-0.3, -0.25) is 4.79 Å². The van der Waals surface area contributed by atoms with E-state index in [2.05, 4.69) is 10.5 Å². The fourth-order valence-electron chi connectivity index (χ4n) is 3.87. The van der Waals surface area contributed by atoms with E-state index in [1.807, 2.05) is 24.3 Å². The molecule has 162 valence electrons. The molecular formula is C20H25N3O6S. The number of rotatable bonds is 5. The Labute approximate surface area is 175 Å². The summed E-state index contributed by atoms with van der Waals surface area (Å²) in [6.07, 6.45) is 0.941. The van der Waals surface area contributed by atoms with E-state index < -0.39 is 15.9 Å². The van der Waals surface area contributed by atoms with Crippen LogP contribution in [0, 0.1) is 19.8 Å². The molecule has 0 bridgehead atoms. The molecule has 1 aromatic heterocycles. The molecule has 0 saturated carbocycles. The van der Waals surface area contributed by atoms with E-state index >= 15 is 0 Å². The number of hydrogen-bond donors (Lipinski definition) is 1. The number of piperidine rings is 1. The number of carbonyl (C=O) groups is 1. The van der Waals surface area contributed by atoms with Crippen LogP contribution in [0.5, 0.6) is 11.5 Å². The van der Waals surface area contributed by atoms with E-state index in [0.717, 1.165) is 0 Å². The van der Waals surface area contributed by atoms with Crippen molar-refractivity contribution in [1.29, 1.82) is 0 Å². The largest absolute Gasteiger partial charge is 0.486 e. The van der Waals surface area contributed by atoms with E-state index in [4.69, 9.17) is 14.0 Å². The Morgan fingerprint density at radius 3 is 2.77 bits per heavy atom. The van der Waals surface area contributed by atoms with E-state index in [0.29, 0.717) is 49.7 Å². The van der Waals surface area contributed by atoms with Crippen molar-refractivity contribution in [3.63, 3.8) is 0 Å². The lowest BCUT2D eigenvalue weighted by atomic mass is 9.99. The average molecular weight is 436 g/mol. The number of benzene rings is 1. The van der Waals surface area contributed by atoms with Gasteiger partial charge in [-0.1, -0.05) is 17.3 Å². The Kier molecular flexibility index (Phi) is 5.70. The minimum atomic E-state index is -3.76. The SMILES string of the molecule is Cc1noc(C)c1S(=O)(=O)N1CCCC(C(=O)NCC2COc3ccccc3O2)C1. The van der Waals surface area contributed by atoms with E-state index in [1.165, 1.54) is 4.31 Å². The smallest absolute Gasteiger partial charge is 0.248 e. The van der Waals surface area contributed by atoms with Crippen molar-refractivity contribution < 1.29 is 27.2 Å². The Hall–Kier alpha value is -2.59. The zero-order valence-electron chi connectivity index (χ0n) is 17.0. The molecule has 1 aromatic carbocycles. The predicted molar refractivity (Wildman–Crippen MR) is 107 cm³/mol. The van der Waals surface area contributed by atoms with Crippen molar-refractivity contribution in [2.45, 2.75) is 37.7 Å². The van der Waals surface area contributed by atoms with Gasteiger partial charge in [0.05, 0.1) is 12.5 Å². The van der Waals surface area contributed by atoms with Gasteiger partial charge in [0.25, 0.3) is 0 Å². The highest BCUT2D eigenvalue weighted by Gasteiger charge is 2.36. The number of nitrogens with one attached hydrogen (secondary N) is 1. The van der Waals surface area contributed by atoms with Crippen LogP contribution in [0.2, 0.25) is 0 Å². The molecule has 4 rings (SSSR count). The summed E-state index contributed by atoms with van der Waals surface area (Å²) in [6, 6.07) is 7.39. The van der Waals surface area contributed by atoms with E-state index in [-0.39, 0.29) is 29.2 Å². The summed E-state index contributed by atoms with van der Waals surface area (Å²) in [5.74, 6) is 0.987. The van der Waals surface area contributed by atoms with Gasteiger partial charge in [-0.2, -0.15) is 4.31 Å². The summed E-state index contributed by atoms with van der Waals surface area (Å²) in [4.78, 5) is 12.8. The van der Waals surface area contributed by atoms with Gasteiger partial charge in [0, 0.05) is 13.1 Å². The number of amides is 1. The third-order valence-electron chi connectivity index (χ3n) is 5.39. The monoisotopic (exact) mass is 435 g/mol. The highest BCUT2D eigenvalue weighted by Crippen LogP contribution is 2.31. The second-order valence-electron chi connectivity index (χ2n) is 7.60. The number of aryl methyl sites for hydroxylation is 2. The van der Waals surface area contributed by atoms with Crippen molar-refractivity contribution in [1.82, 2.24) is 14.8 Å². The maximum atomic E-state index is 13.0. The molecule has 1 amide bonds. The summed E-state index contributed by atoms with van der Waals surface area (Å²) in [7, 11) is -3.76. The molecule has 1 fully saturated rings. The summed E-state index contributed by atoms with van der Waals surface area (Å²) in [5, 5.41) is 6.63. The van der Waals surface area contributed by atoms with Crippen LogP contribution < -0.4 is 14.8 Å². The maximum Gasteiger partial charge on any atom is 0.248 e. The van der Waals surface area contributed by atoms with Gasteiger partial charge in [-0.05, 0) is 38.8 Å². The van der Waals surface area contributed by atoms with Gasteiger partial charge in [0.2, 0.25) is 15.9 Å². The van der Waals surface area contributed by atoms with Crippen molar-refractivity contribution in [2.75, 3.05) is 26.2 Å². The fraction of sp³-hybridized carbons (Fsp3) is 0.500.